The summed E-state index contributed by atoms with van der Waals surface area (Å²) < 4.78 is 10.0. The summed E-state index contributed by atoms with van der Waals surface area (Å²) >= 11 is 0. The number of anilines is 1. The quantitative estimate of drug-likeness (QED) is 0.473. The van der Waals surface area contributed by atoms with Gasteiger partial charge in [-0.2, -0.15) is 0 Å². The number of rotatable bonds is 6. The van der Waals surface area contributed by atoms with Crippen molar-refractivity contribution in [1.29, 1.82) is 0 Å². The second-order valence-electron chi connectivity index (χ2n) is 4.77. The van der Waals surface area contributed by atoms with E-state index in [1.54, 1.807) is 0 Å². The van der Waals surface area contributed by atoms with Crippen LogP contribution in [0.4, 0.5) is 11.4 Å². The third-order valence-corrected chi connectivity index (χ3v) is 3.08. The maximum absolute atomic E-state index is 12.2. The number of nitrogens with one attached hydrogen (secondary N) is 1. The smallest absolute Gasteiger partial charge is 0.359 e. The van der Waals surface area contributed by atoms with Gasteiger partial charge in [0.25, 0.3) is 11.6 Å². The molecule has 2 rings (SSSR count). The van der Waals surface area contributed by atoms with Crippen molar-refractivity contribution < 1.29 is 24.0 Å². The lowest BCUT2D eigenvalue weighted by molar-refractivity contribution is -0.384. The van der Waals surface area contributed by atoms with Gasteiger partial charge in [-0.3, -0.25) is 19.9 Å². The highest BCUT2D eigenvalue weighted by Crippen LogP contribution is 2.29. The Kier molecular flexibility index (Phi) is 5.56. The molecule has 1 amide bonds. The van der Waals surface area contributed by atoms with E-state index in [1.165, 1.54) is 50.8 Å². The largest absolute Gasteiger partial charge is 0.494 e. The number of nitro groups is 1. The van der Waals surface area contributed by atoms with Crippen molar-refractivity contribution in [1.82, 2.24) is 9.97 Å². The molecule has 0 unspecified atom stereocenters. The number of carbonyl (C=O) groups excluding carboxylic acids is 2. The topological polar surface area (TPSA) is 134 Å². The molecule has 0 saturated heterocycles. The van der Waals surface area contributed by atoms with Crippen LogP contribution in [0.25, 0.3) is 0 Å². The highest BCUT2D eigenvalue weighted by Gasteiger charge is 2.21. The van der Waals surface area contributed by atoms with Crippen LogP contribution in [0.2, 0.25) is 0 Å². The van der Waals surface area contributed by atoms with Crippen molar-refractivity contribution in [2.75, 3.05) is 12.4 Å². The summed E-state index contributed by atoms with van der Waals surface area (Å²) in [5, 5.41) is 13.2. The fourth-order valence-corrected chi connectivity index (χ4v) is 1.81. The summed E-state index contributed by atoms with van der Waals surface area (Å²) in [6.45, 7) is 1.38. The molecule has 0 radical (unpaired) electrons. The number of non-ortho nitro benzene ring substituents is 1. The first-order chi connectivity index (χ1) is 11.9. The van der Waals surface area contributed by atoms with Crippen molar-refractivity contribution >= 4 is 23.3 Å². The van der Waals surface area contributed by atoms with Crippen LogP contribution in [0.3, 0.4) is 0 Å². The van der Waals surface area contributed by atoms with Gasteiger partial charge in [-0.1, -0.05) is 0 Å². The molecule has 1 aromatic carbocycles. The molecule has 130 valence electrons. The molecule has 0 aliphatic carbocycles. The Morgan fingerprint density at radius 2 is 2.08 bits per heavy atom. The van der Waals surface area contributed by atoms with Gasteiger partial charge in [-0.25, -0.2) is 9.78 Å². The summed E-state index contributed by atoms with van der Waals surface area (Å²) in [6.07, 6.45) is 2.80. The number of nitro benzene ring substituents is 1. The molecule has 0 fully saturated rings. The van der Waals surface area contributed by atoms with E-state index in [0.717, 1.165) is 0 Å². The second-order valence-corrected chi connectivity index (χ2v) is 4.77. The predicted octanol–water partition coefficient (Wildman–Crippen LogP) is 1.58. The van der Waals surface area contributed by atoms with Crippen molar-refractivity contribution in [2.45, 2.75) is 13.0 Å². The molecule has 0 aliphatic heterocycles. The van der Waals surface area contributed by atoms with Crippen LogP contribution in [-0.4, -0.2) is 40.0 Å². The van der Waals surface area contributed by atoms with Gasteiger partial charge in [-0.15, -0.1) is 0 Å². The van der Waals surface area contributed by atoms with E-state index < -0.39 is 22.9 Å². The number of hydrogen-bond acceptors (Lipinski definition) is 8. The van der Waals surface area contributed by atoms with Crippen LogP contribution >= 0.6 is 0 Å². The zero-order valence-electron chi connectivity index (χ0n) is 13.3. The van der Waals surface area contributed by atoms with Gasteiger partial charge in [0.05, 0.1) is 30.0 Å². The Labute approximate surface area is 142 Å². The van der Waals surface area contributed by atoms with Gasteiger partial charge >= 0.3 is 5.97 Å². The number of esters is 1. The van der Waals surface area contributed by atoms with E-state index in [2.05, 4.69) is 15.3 Å². The van der Waals surface area contributed by atoms with Gasteiger partial charge in [-0.05, 0) is 13.0 Å². The number of ether oxygens (including phenoxy) is 2. The number of aromatic nitrogens is 2. The summed E-state index contributed by atoms with van der Waals surface area (Å²) in [5.74, 6) is -1.33. The molecule has 0 saturated carbocycles. The molecule has 1 N–H and O–H groups in total. The van der Waals surface area contributed by atoms with Crippen LogP contribution < -0.4 is 10.1 Å². The Morgan fingerprint density at radius 3 is 2.68 bits per heavy atom. The first-order valence-electron chi connectivity index (χ1n) is 7.02. The summed E-state index contributed by atoms with van der Waals surface area (Å²) in [4.78, 5) is 41.7. The van der Waals surface area contributed by atoms with Gasteiger partial charge in [0.15, 0.2) is 11.8 Å². The van der Waals surface area contributed by atoms with Crippen molar-refractivity contribution in [3.8, 4) is 5.75 Å². The van der Waals surface area contributed by atoms with Crippen LogP contribution in [0.5, 0.6) is 5.75 Å². The molecule has 25 heavy (non-hydrogen) atoms. The second kappa shape index (κ2) is 7.81. The van der Waals surface area contributed by atoms with Gasteiger partial charge in [0, 0.05) is 18.5 Å². The average molecular weight is 346 g/mol. The van der Waals surface area contributed by atoms with Gasteiger partial charge < -0.3 is 14.8 Å². The van der Waals surface area contributed by atoms with Gasteiger partial charge in [0.1, 0.15) is 5.75 Å². The number of benzene rings is 1. The first-order valence-corrected chi connectivity index (χ1v) is 7.02. The lowest BCUT2D eigenvalue weighted by Gasteiger charge is -2.14. The van der Waals surface area contributed by atoms with E-state index >= 15 is 0 Å². The van der Waals surface area contributed by atoms with Crippen LogP contribution in [0.1, 0.15) is 17.4 Å². The van der Waals surface area contributed by atoms with Crippen molar-refractivity contribution in [2.24, 2.45) is 0 Å². The first kappa shape index (κ1) is 17.8. The van der Waals surface area contributed by atoms with Crippen LogP contribution in [0.15, 0.2) is 36.8 Å². The lowest BCUT2D eigenvalue weighted by atomic mass is 10.2. The third-order valence-electron chi connectivity index (χ3n) is 3.08. The fraction of sp³-hybridized carbons (Fsp3) is 0.200. The Bertz CT molecular complexity index is 796. The minimum Gasteiger partial charge on any atom is -0.494 e. The minimum atomic E-state index is -1.13. The predicted molar refractivity (Wildman–Crippen MR) is 85.2 cm³/mol. The number of hydrogen-bond donors (Lipinski definition) is 1. The van der Waals surface area contributed by atoms with E-state index in [4.69, 9.17) is 9.47 Å². The van der Waals surface area contributed by atoms with E-state index in [-0.39, 0.29) is 22.8 Å². The van der Waals surface area contributed by atoms with Crippen LogP contribution in [0, 0.1) is 10.1 Å². The molecule has 1 heterocycles. The van der Waals surface area contributed by atoms with Crippen molar-refractivity contribution in [3.05, 3.63) is 52.6 Å². The normalized spacial score (nSPS) is 11.3. The standard InChI is InChI=1S/C15H14N4O6/c1-9(25-15(21)12-8-16-5-6-17-12)14(20)18-11-4-3-10(19(22)23)7-13(11)24-2/h3-9H,1-2H3,(H,18,20)/t9-/m0/s1. The molecule has 1 atom stereocenters. The van der Waals surface area contributed by atoms with E-state index in [0.29, 0.717) is 0 Å². The molecule has 0 aliphatic rings. The number of nitrogens with zero attached hydrogens (tertiary/aromatic N) is 3. The highest BCUT2D eigenvalue weighted by molar-refractivity contribution is 5.97. The monoisotopic (exact) mass is 346 g/mol. The van der Waals surface area contributed by atoms with Crippen LogP contribution in [-0.2, 0) is 9.53 Å². The third kappa shape index (κ3) is 4.47. The SMILES string of the molecule is COc1cc([N+](=O)[O-])ccc1NC(=O)[C@H](C)OC(=O)c1cnccn1. The molecule has 2 aromatic rings. The maximum atomic E-state index is 12.2. The maximum Gasteiger partial charge on any atom is 0.359 e. The number of methoxy groups -OCH3 is 1. The van der Waals surface area contributed by atoms with Gasteiger partial charge in [0.2, 0.25) is 0 Å². The fourth-order valence-electron chi connectivity index (χ4n) is 1.81. The molecule has 1 aromatic heterocycles. The number of amides is 1. The average Bonchev–Trinajstić information content (AvgIpc) is 2.62. The minimum absolute atomic E-state index is 0.0323. The lowest BCUT2D eigenvalue weighted by Crippen LogP contribution is -2.30. The molecule has 10 nitrogen and oxygen atoms in total. The highest BCUT2D eigenvalue weighted by atomic mass is 16.6. The van der Waals surface area contributed by atoms with Crippen molar-refractivity contribution in [3.63, 3.8) is 0 Å². The number of carbonyl (C=O) groups is 2. The van der Waals surface area contributed by atoms with E-state index in [9.17, 15) is 19.7 Å². The molecular weight excluding hydrogens is 332 g/mol. The van der Waals surface area contributed by atoms with E-state index in [1.807, 2.05) is 0 Å². The summed E-state index contributed by atoms with van der Waals surface area (Å²) in [7, 11) is 1.31. The molecule has 10 heteroatoms. The zero-order chi connectivity index (χ0) is 18.4. The Hall–Kier alpha value is -3.56. The molecule has 0 bridgehead atoms. The molecule has 0 spiro atoms. The Balaban J connectivity index is 2.06. The molecular formula is C15H14N4O6. The zero-order valence-corrected chi connectivity index (χ0v) is 13.3. The summed E-state index contributed by atoms with van der Waals surface area (Å²) in [6, 6.07) is 3.71. The summed E-state index contributed by atoms with van der Waals surface area (Å²) in [5.41, 5.74) is -0.00690. The Morgan fingerprint density at radius 1 is 1.32 bits per heavy atom.